The summed E-state index contributed by atoms with van der Waals surface area (Å²) in [5.74, 6) is 0.306. The second kappa shape index (κ2) is 18.7. The molecule has 2 rings (SSSR count). The van der Waals surface area contributed by atoms with Crippen LogP contribution in [0.5, 0.6) is 0 Å². The Hall–Kier alpha value is -1.58. The molecule has 38 heavy (non-hydrogen) atoms. The van der Waals surface area contributed by atoms with E-state index < -0.39 is 13.9 Å². The number of rotatable bonds is 23. The van der Waals surface area contributed by atoms with Crippen molar-refractivity contribution in [2.45, 2.75) is 129 Å². The van der Waals surface area contributed by atoms with Crippen LogP contribution in [0, 0.1) is 0 Å². The minimum Gasteiger partial charge on any atom is -0.382 e. The summed E-state index contributed by atoms with van der Waals surface area (Å²) >= 11 is 0. The van der Waals surface area contributed by atoms with Crippen molar-refractivity contribution >= 4 is 24.6 Å². The van der Waals surface area contributed by atoms with E-state index in [1.807, 2.05) is 0 Å². The molecule has 2 aromatic heterocycles. The topological polar surface area (TPSA) is 151 Å². The molecule has 0 saturated heterocycles. The van der Waals surface area contributed by atoms with Gasteiger partial charge in [0.2, 0.25) is 0 Å². The number of unbranched alkanes of at least 4 members (excludes halogenated alkanes) is 13. The molecule has 11 heteroatoms. The van der Waals surface area contributed by atoms with Crippen molar-refractivity contribution in [2.24, 2.45) is 5.73 Å². The van der Waals surface area contributed by atoms with Gasteiger partial charge in [0, 0.05) is 6.04 Å². The maximum Gasteiger partial charge on any atom is 0.353 e. The highest BCUT2D eigenvalue weighted by Gasteiger charge is 2.23. The Bertz CT molecular complexity index is 943. The lowest BCUT2D eigenvalue weighted by molar-refractivity contribution is 0.0709. The molecule has 0 bridgehead atoms. The Morgan fingerprint density at radius 1 is 0.947 bits per heavy atom. The molecular weight excluding hydrogens is 503 g/mol. The van der Waals surface area contributed by atoms with Gasteiger partial charge in [-0.1, -0.05) is 96.8 Å². The van der Waals surface area contributed by atoms with Gasteiger partial charge in [0.1, 0.15) is 18.2 Å². The third kappa shape index (κ3) is 13.5. The minimum atomic E-state index is -3.89. The van der Waals surface area contributed by atoms with Gasteiger partial charge in [-0.05, 0) is 13.3 Å². The van der Waals surface area contributed by atoms with Gasteiger partial charge in [0.05, 0.1) is 25.6 Å². The summed E-state index contributed by atoms with van der Waals surface area (Å²) in [7, 11) is -3.89. The van der Waals surface area contributed by atoms with Gasteiger partial charge in [-0.25, -0.2) is 15.0 Å². The van der Waals surface area contributed by atoms with E-state index >= 15 is 0 Å². The summed E-state index contributed by atoms with van der Waals surface area (Å²) in [5.41, 5.74) is 13.0. The van der Waals surface area contributed by atoms with Gasteiger partial charge in [0.25, 0.3) is 0 Å². The van der Waals surface area contributed by atoms with Gasteiger partial charge < -0.3 is 30.2 Å². The fourth-order valence-electron chi connectivity index (χ4n) is 4.52. The van der Waals surface area contributed by atoms with Gasteiger partial charge in [-0.15, -0.1) is 0 Å². The molecule has 0 fully saturated rings. The van der Waals surface area contributed by atoms with E-state index in [-0.39, 0.29) is 18.8 Å². The van der Waals surface area contributed by atoms with Crippen molar-refractivity contribution in [3.05, 3.63) is 12.7 Å². The maximum atomic E-state index is 12.4. The van der Waals surface area contributed by atoms with Crippen LogP contribution in [0.25, 0.3) is 11.2 Å². The third-order valence-electron chi connectivity index (χ3n) is 6.82. The standard InChI is InChI=1S/C27H51N6O4P/c1-3-4-5-6-7-8-9-10-11-12-13-14-15-16-17-24(28)19-37-38(34,35)22-36-23(2)18-33-21-32-25-26(29)30-20-31-27(25)33/h20-21,23-24H,3-19,22,28H2,1-2H3,(H,34,35)(H2,29,30,31)/t23-,24-/m1/s1. The molecule has 0 aliphatic carbocycles. The molecule has 218 valence electrons. The van der Waals surface area contributed by atoms with Gasteiger partial charge in [-0.3, -0.25) is 4.57 Å². The zero-order valence-corrected chi connectivity index (χ0v) is 24.5. The van der Waals surface area contributed by atoms with E-state index in [2.05, 4.69) is 21.9 Å². The lowest BCUT2D eigenvalue weighted by Gasteiger charge is -2.19. The first kappa shape index (κ1) is 32.6. The number of nitrogen functional groups attached to an aromatic ring is 1. The monoisotopic (exact) mass is 554 g/mol. The lowest BCUT2D eigenvalue weighted by atomic mass is 10.0. The first-order valence-corrected chi connectivity index (χ1v) is 16.3. The normalized spacial score (nSPS) is 15.1. The van der Waals surface area contributed by atoms with E-state index in [9.17, 15) is 9.46 Å². The molecule has 10 nitrogen and oxygen atoms in total. The number of fused-ring (bicyclic) bond motifs is 1. The number of aromatic nitrogens is 4. The molecule has 0 aromatic carbocycles. The third-order valence-corrected chi connectivity index (χ3v) is 7.85. The van der Waals surface area contributed by atoms with Crippen molar-refractivity contribution in [3.8, 4) is 0 Å². The SMILES string of the molecule is CCCCCCCCCCCCCCCC[C@@H](N)COP(=O)(O)CO[C@H](C)Cn1cnc2c(N)ncnc21. The molecular formula is C27H51N6O4P. The van der Waals surface area contributed by atoms with E-state index in [1.54, 1.807) is 17.8 Å². The zero-order valence-electron chi connectivity index (χ0n) is 23.6. The molecule has 1 unspecified atom stereocenters. The molecule has 0 aliphatic rings. The molecule has 0 radical (unpaired) electrons. The minimum absolute atomic E-state index is 0.0479. The van der Waals surface area contributed by atoms with Crippen LogP contribution < -0.4 is 11.5 Å². The van der Waals surface area contributed by atoms with E-state index in [1.165, 1.54) is 83.4 Å². The van der Waals surface area contributed by atoms with Crippen molar-refractivity contribution < 1.29 is 18.7 Å². The maximum absolute atomic E-state index is 12.4. The molecule has 2 aromatic rings. The average Bonchev–Trinajstić information content (AvgIpc) is 3.30. The quantitative estimate of drug-likeness (QED) is 0.108. The lowest BCUT2D eigenvalue weighted by Crippen LogP contribution is -2.26. The highest BCUT2D eigenvalue weighted by atomic mass is 31.2. The Labute approximate surface area is 228 Å². The smallest absolute Gasteiger partial charge is 0.353 e. The fraction of sp³-hybridized carbons (Fsp3) is 0.815. The summed E-state index contributed by atoms with van der Waals surface area (Å²) in [6.45, 7) is 4.51. The molecule has 2 heterocycles. The van der Waals surface area contributed by atoms with Crippen molar-refractivity contribution in [2.75, 3.05) is 18.7 Å². The number of nitrogens with two attached hydrogens (primary N) is 2. The summed E-state index contributed by atoms with van der Waals surface area (Å²) in [6.07, 6.45) is 21.4. The summed E-state index contributed by atoms with van der Waals surface area (Å²) in [6, 6.07) is -0.257. The first-order valence-electron chi connectivity index (χ1n) is 14.6. The van der Waals surface area contributed by atoms with Crippen molar-refractivity contribution in [1.82, 2.24) is 19.5 Å². The predicted molar refractivity (Wildman–Crippen MR) is 154 cm³/mol. The number of anilines is 1. The highest BCUT2D eigenvalue weighted by molar-refractivity contribution is 7.52. The van der Waals surface area contributed by atoms with Crippen LogP contribution in [0.3, 0.4) is 0 Å². The van der Waals surface area contributed by atoms with E-state index in [0.29, 0.717) is 23.5 Å². The summed E-state index contributed by atoms with van der Waals surface area (Å²) in [4.78, 5) is 22.5. The highest BCUT2D eigenvalue weighted by Crippen LogP contribution is 2.42. The predicted octanol–water partition coefficient (Wildman–Crippen LogP) is 6.17. The van der Waals surface area contributed by atoms with Gasteiger partial charge in [0.15, 0.2) is 11.5 Å². The van der Waals surface area contributed by atoms with Crippen LogP contribution in [-0.4, -0.2) is 49.5 Å². The number of ether oxygens (including phenoxy) is 1. The van der Waals surface area contributed by atoms with Crippen LogP contribution in [0.4, 0.5) is 5.82 Å². The summed E-state index contributed by atoms with van der Waals surface area (Å²) in [5, 5.41) is 0. The van der Waals surface area contributed by atoms with Crippen molar-refractivity contribution in [1.29, 1.82) is 0 Å². The number of imidazole rings is 1. The second-order valence-corrected chi connectivity index (χ2v) is 12.3. The zero-order chi connectivity index (χ0) is 27.6. The Kier molecular flexibility index (Phi) is 16.0. The van der Waals surface area contributed by atoms with E-state index in [0.717, 1.165) is 19.3 Å². The van der Waals surface area contributed by atoms with E-state index in [4.69, 9.17) is 20.7 Å². The Morgan fingerprint density at radius 3 is 2.13 bits per heavy atom. The molecule has 0 spiro atoms. The summed E-state index contributed by atoms with van der Waals surface area (Å²) < 4.78 is 25.0. The fourth-order valence-corrected chi connectivity index (χ4v) is 5.46. The van der Waals surface area contributed by atoms with Crippen LogP contribution in [0.15, 0.2) is 12.7 Å². The molecule has 3 atom stereocenters. The number of hydrogen-bond acceptors (Lipinski definition) is 8. The molecule has 5 N–H and O–H groups in total. The molecule has 0 saturated carbocycles. The largest absolute Gasteiger partial charge is 0.382 e. The second-order valence-electron chi connectivity index (χ2n) is 10.5. The molecule has 0 amide bonds. The number of hydrogen-bond donors (Lipinski definition) is 3. The van der Waals surface area contributed by atoms with Crippen molar-refractivity contribution in [3.63, 3.8) is 0 Å². The van der Waals surface area contributed by atoms with Crippen LogP contribution in [0.1, 0.15) is 110 Å². The van der Waals surface area contributed by atoms with Gasteiger partial charge in [-0.2, -0.15) is 0 Å². The first-order chi connectivity index (χ1) is 18.3. The van der Waals surface area contributed by atoms with Crippen LogP contribution in [0.2, 0.25) is 0 Å². The Balaban J connectivity index is 1.47. The Morgan fingerprint density at radius 2 is 1.53 bits per heavy atom. The van der Waals surface area contributed by atoms with Crippen LogP contribution >= 0.6 is 7.60 Å². The van der Waals surface area contributed by atoms with Crippen LogP contribution in [-0.2, 0) is 20.4 Å². The van der Waals surface area contributed by atoms with Gasteiger partial charge >= 0.3 is 7.60 Å². The number of nitrogens with zero attached hydrogens (tertiary/aromatic N) is 4. The average molecular weight is 555 g/mol. The molecule has 0 aliphatic heterocycles.